The molecule has 2 N–H and O–H groups in total. The number of H-pyrrole nitrogens is 1. The average molecular weight is 478 g/mol. The van der Waals surface area contributed by atoms with Gasteiger partial charge in [-0.05, 0) is 57.5 Å². The molecule has 0 aliphatic carbocycles. The summed E-state index contributed by atoms with van der Waals surface area (Å²) in [5.74, 6) is -0.189. The topological polar surface area (TPSA) is 88.1 Å². The molecule has 0 radical (unpaired) electrons. The Hall–Kier alpha value is -2.65. The Morgan fingerprint density at radius 1 is 1.34 bits per heavy atom. The minimum atomic E-state index is -1.08. The number of benzene rings is 2. The van der Waals surface area contributed by atoms with Crippen LogP contribution >= 0.6 is 27.7 Å². The summed E-state index contributed by atoms with van der Waals surface area (Å²) < 4.78 is 20.0. The summed E-state index contributed by atoms with van der Waals surface area (Å²) in [4.78, 5) is 15.9. The zero-order valence-electron chi connectivity index (χ0n) is 15.4. The Morgan fingerprint density at radius 2 is 2.14 bits per heavy atom. The Balaban J connectivity index is 1.74. The van der Waals surface area contributed by atoms with E-state index in [0.717, 1.165) is 11.8 Å². The molecule has 0 bridgehead atoms. The maximum absolute atomic E-state index is 13.7. The van der Waals surface area contributed by atoms with E-state index in [4.69, 9.17) is 4.74 Å². The summed E-state index contributed by atoms with van der Waals surface area (Å²) in [6, 6.07) is 11.6. The number of aromatic amines is 1. The highest BCUT2D eigenvalue weighted by molar-refractivity contribution is 9.10. The van der Waals surface area contributed by atoms with Crippen molar-refractivity contribution in [2.45, 2.75) is 25.1 Å². The maximum Gasteiger partial charge on any atom is 0.342 e. The van der Waals surface area contributed by atoms with Crippen molar-refractivity contribution in [3.8, 4) is 5.75 Å². The second-order valence-electron chi connectivity index (χ2n) is 5.90. The summed E-state index contributed by atoms with van der Waals surface area (Å²) in [5.41, 5.74) is 1.11. The number of nitrogens with zero attached hydrogens (tertiary/aromatic N) is 2. The molecule has 150 valence electrons. The first-order valence-corrected chi connectivity index (χ1v) is 10.3. The summed E-state index contributed by atoms with van der Waals surface area (Å²) in [6.07, 6.45) is 2.21. The minimum Gasteiger partial charge on any atom is -0.488 e. The molecule has 3 rings (SSSR count). The van der Waals surface area contributed by atoms with Gasteiger partial charge in [-0.1, -0.05) is 31.2 Å². The third-order valence-electron chi connectivity index (χ3n) is 3.85. The van der Waals surface area contributed by atoms with Gasteiger partial charge in [0.1, 0.15) is 28.9 Å². The molecule has 0 spiro atoms. The Labute approximate surface area is 179 Å². The maximum atomic E-state index is 13.7. The number of aliphatic carboxylic acids is 1. The van der Waals surface area contributed by atoms with Crippen molar-refractivity contribution in [2.75, 3.05) is 0 Å². The van der Waals surface area contributed by atoms with E-state index in [1.165, 1.54) is 12.1 Å². The van der Waals surface area contributed by atoms with Crippen LogP contribution in [0.5, 0.6) is 5.75 Å². The van der Waals surface area contributed by atoms with E-state index in [9.17, 15) is 14.3 Å². The van der Waals surface area contributed by atoms with Crippen molar-refractivity contribution in [2.24, 2.45) is 0 Å². The van der Waals surface area contributed by atoms with Crippen LogP contribution in [0.2, 0.25) is 0 Å². The van der Waals surface area contributed by atoms with Crippen molar-refractivity contribution in [3.05, 3.63) is 74.6 Å². The highest BCUT2D eigenvalue weighted by Crippen LogP contribution is 2.30. The minimum absolute atomic E-state index is 0.0820. The number of carboxylic acids is 1. The van der Waals surface area contributed by atoms with Crippen LogP contribution in [-0.4, -0.2) is 26.3 Å². The molecule has 2 aromatic carbocycles. The lowest BCUT2D eigenvalue weighted by Gasteiger charge is -2.10. The van der Waals surface area contributed by atoms with Gasteiger partial charge in [0.15, 0.2) is 0 Å². The van der Waals surface area contributed by atoms with Crippen molar-refractivity contribution >= 4 is 39.7 Å². The number of hydrogen-bond acceptors (Lipinski definition) is 5. The fourth-order valence-electron chi connectivity index (χ4n) is 2.36. The molecule has 0 unspecified atom stereocenters. The van der Waals surface area contributed by atoms with Gasteiger partial charge in [0.05, 0.1) is 4.47 Å². The Kier molecular flexibility index (Phi) is 7.05. The first kappa shape index (κ1) is 21.1. The van der Waals surface area contributed by atoms with Crippen LogP contribution < -0.4 is 4.74 Å². The smallest absolute Gasteiger partial charge is 0.342 e. The highest BCUT2D eigenvalue weighted by atomic mass is 79.9. The Morgan fingerprint density at radius 3 is 2.79 bits per heavy atom. The molecule has 29 heavy (non-hydrogen) atoms. The predicted molar refractivity (Wildman–Crippen MR) is 112 cm³/mol. The van der Waals surface area contributed by atoms with Gasteiger partial charge in [-0.3, -0.25) is 5.10 Å². The summed E-state index contributed by atoms with van der Waals surface area (Å²) in [5, 5.41) is 16.6. The van der Waals surface area contributed by atoms with Crippen LogP contribution in [0, 0.1) is 5.82 Å². The molecule has 0 saturated heterocycles. The molecule has 0 aliphatic heterocycles. The SMILES string of the molecule is CCc1nc(S/C(=C\c2ccc(OCc3ccccc3F)c(Br)c2)C(=O)O)n[nH]1. The third kappa shape index (κ3) is 5.68. The lowest BCUT2D eigenvalue weighted by atomic mass is 10.2. The zero-order valence-corrected chi connectivity index (χ0v) is 17.8. The van der Waals surface area contributed by atoms with Crippen molar-refractivity contribution in [1.29, 1.82) is 0 Å². The summed E-state index contributed by atoms with van der Waals surface area (Å²) in [7, 11) is 0. The lowest BCUT2D eigenvalue weighted by Crippen LogP contribution is -1.99. The van der Waals surface area contributed by atoms with Crippen molar-refractivity contribution in [3.63, 3.8) is 0 Å². The van der Waals surface area contributed by atoms with Gasteiger partial charge < -0.3 is 9.84 Å². The van der Waals surface area contributed by atoms with Crippen LogP contribution in [0.4, 0.5) is 4.39 Å². The van der Waals surface area contributed by atoms with Crippen molar-refractivity contribution < 1.29 is 19.0 Å². The summed E-state index contributed by atoms with van der Waals surface area (Å²) in [6.45, 7) is 2.01. The standard InChI is InChI=1S/C20H17BrFN3O3S/c1-2-18-23-20(25-24-18)29-17(19(26)27)10-12-7-8-16(14(21)9-12)28-11-13-5-3-4-6-15(13)22/h3-10H,2,11H2,1H3,(H,26,27)(H,23,24,25)/b17-10-. The molecule has 0 atom stereocenters. The number of carbonyl (C=O) groups is 1. The molecule has 6 nitrogen and oxygen atoms in total. The van der Waals surface area contributed by atoms with Crippen LogP contribution in [0.25, 0.3) is 6.08 Å². The number of carboxylic acid groups (broad SMARTS) is 1. The molecule has 1 heterocycles. The van der Waals surface area contributed by atoms with Gasteiger partial charge in [0.25, 0.3) is 0 Å². The van der Waals surface area contributed by atoms with E-state index in [1.54, 1.807) is 36.4 Å². The second kappa shape index (κ2) is 9.71. The van der Waals surface area contributed by atoms with Gasteiger partial charge >= 0.3 is 5.97 Å². The predicted octanol–water partition coefficient (Wildman–Crippen LogP) is 5.07. The van der Waals surface area contributed by atoms with Gasteiger partial charge in [0, 0.05) is 12.0 Å². The average Bonchev–Trinajstić information content (AvgIpc) is 3.15. The third-order valence-corrected chi connectivity index (χ3v) is 5.35. The molecule has 0 saturated carbocycles. The first-order chi connectivity index (χ1) is 14.0. The van der Waals surface area contributed by atoms with Crippen LogP contribution in [-0.2, 0) is 17.8 Å². The fourth-order valence-corrected chi connectivity index (χ4v) is 3.60. The van der Waals surface area contributed by atoms with Gasteiger partial charge in [-0.15, -0.1) is 5.10 Å². The van der Waals surface area contributed by atoms with Gasteiger partial charge in [-0.2, -0.15) is 0 Å². The molecule has 1 aromatic heterocycles. The quantitative estimate of drug-likeness (QED) is 0.348. The molecule has 3 aromatic rings. The molecular weight excluding hydrogens is 461 g/mol. The molecular formula is C20H17BrFN3O3S. The van der Waals surface area contributed by atoms with E-state index < -0.39 is 5.97 Å². The van der Waals surface area contributed by atoms with Crippen LogP contribution in [0.3, 0.4) is 0 Å². The monoisotopic (exact) mass is 477 g/mol. The second-order valence-corrected chi connectivity index (χ2v) is 7.77. The van der Waals surface area contributed by atoms with E-state index in [0.29, 0.717) is 38.8 Å². The molecule has 0 amide bonds. The number of hydrogen-bond donors (Lipinski definition) is 2. The Bertz CT molecular complexity index is 1050. The largest absolute Gasteiger partial charge is 0.488 e. The number of aromatic nitrogens is 3. The first-order valence-electron chi connectivity index (χ1n) is 8.66. The van der Waals surface area contributed by atoms with Crippen LogP contribution in [0.1, 0.15) is 23.9 Å². The number of halogens is 2. The fraction of sp³-hybridized carbons (Fsp3) is 0.150. The van der Waals surface area contributed by atoms with Crippen LogP contribution in [0.15, 0.2) is 57.0 Å². The van der Waals surface area contributed by atoms with Crippen molar-refractivity contribution in [1.82, 2.24) is 15.2 Å². The molecule has 9 heteroatoms. The lowest BCUT2D eigenvalue weighted by molar-refractivity contribution is -0.131. The highest BCUT2D eigenvalue weighted by Gasteiger charge is 2.14. The normalized spacial score (nSPS) is 11.5. The number of aryl methyl sites for hydroxylation is 1. The zero-order chi connectivity index (χ0) is 20.8. The number of ether oxygens (including phenoxy) is 1. The molecule has 0 aliphatic rings. The van der Waals surface area contributed by atoms with E-state index >= 15 is 0 Å². The van der Waals surface area contributed by atoms with E-state index in [2.05, 4.69) is 31.1 Å². The van der Waals surface area contributed by atoms with Gasteiger partial charge in [0.2, 0.25) is 5.16 Å². The van der Waals surface area contributed by atoms with E-state index in [1.807, 2.05) is 6.92 Å². The summed E-state index contributed by atoms with van der Waals surface area (Å²) >= 11 is 4.38. The number of thioether (sulfide) groups is 1. The number of rotatable bonds is 8. The molecule has 0 fully saturated rings. The van der Waals surface area contributed by atoms with E-state index in [-0.39, 0.29) is 17.3 Å². The van der Waals surface area contributed by atoms with Gasteiger partial charge in [-0.25, -0.2) is 14.2 Å². The number of nitrogens with one attached hydrogen (secondary N) is 1.